The number of aliphatic hydroxyl groups is 1. The van der Waals surface area contributed by atoms with Gasteiger partial charge in [0, 0.05) is 6.61 Å². The molecule has 1 atom stereocenters. The van der Waals surface area contributed by atoms with Crippen LogP contribution in [0.3, 0.4) is 0 Å². The monoisotopic (exact) mass is 314 g/mol. The van der Waals surface area contributed by atoms with E-state index in [4.69, 9.17) is 14.5 Å². The summed E-state index contributed by atoms with van der Waals surface area (Å²) in [6, 6.07) is 15.1. The van der Waals surface area contributed by atoms with E-state index in [2.05, 4.69) is 0 Å². The molecule has 0 fully saturated rings. The first-order valence-corrected chi connectivity index (χ1v) is 8.09. The predicted octanol–water partition coefficient (Wildman–Crippen LogP) is 3.04. The highest BCUT2D eigenvalue weighted by Crippen LogP contribution is 2.30. The van der Waals surface area contributed by atoms with Gasteiger partial charge in [-0.3, -0.25) is 0 Å². The van der Waals surface area contributed by atoms with E-state index in [-0.39, 0.29) is 12.7 Å². The van der Waals surface area contributed by atoms with Crippen LogP contribution in [0.25, 0.3) is 0 Å². The van der Waals surface area contributed by atoms with Gasteiger partial charge in [0.1, 0.15) is 11.5 Å². The summed E-state index contributed by atoms with van der Waals surface area (Å²) in [5, 5.41) is 18.9. The molecule has 0 bridgehead atoms. The Morgan fingerprint density at radius 2 is 1.83 bits per heavy atom. The number of benzene rings is 2. The Hall–Kier alpha value is -1.82. The minimum Gasteiger partial charge on any atom is -0.457 e. The minimum absolute atomic E-state index is 0.125. The first kappa shape index (κ1) is 17.5. The summed E-state index contributed by atoms with van der Waals surface area (Å²) >= 11 is 0. The van der Waals surface area contributed by atoms with Crippen LogP contribution in [0, 0.1) is 0 Å². The number of rotatable bonds is 5. The van der Waals surface area contributed by atoms with E-state index in [1.807, 2.05) is 62.4 Å². The molecule has 2 aromatic carbocycles. The Bertz CT molecular complexity index is 603. The summed E-state index contributed by atoms with van der Waals surface area (Å²) in [4.78, 5) is 0. The second-order valence-corrected chi connectivity index (χ2v) is 5.05. The van der Waals surface area contributed by atoms with Crippen molar-refractivity contribution in [3.05, 3.63) is 54.1 Å². The zero-order valence-corrected chi connectivity index (χ0v) is 13.6. The maximum absolute atomic E-state index is 10.0. The van der Waals surface area contributed by atoms with E-state index in [1.165, 1.54) is 0 Å². The molecule has 5 heteroatoms. The third-order valence-electron chi connectivity index (χ3n) is 3.57. The molecule has 0 aromatic heterocycles. The van der Waals surface area contributed by atoms with Crippen LogP contribution < -0.4 is 10.2 Å². The molecule has 1 aliphatic rings. The van der Waals surface area contributed by atoms with Gasteiger partial charge in [-0.15, -0.1) is 0 Å². The van der Waals surface area contributed by atoms with E-state index in [0.29, 0.717) is 18.6 Å². The molecule has 0 amide bonds. The van der Waals surface area contributed by atoms with Crippen molar-refractivity contribution in [2.75, 3.05) is 6.61 Å². The Kier molecular flexibility index (Phi) is 6.65. The van der Waals surface area contributed by atoms with Crippen molar-refractivity contribution in [2.24, 2.45) is 0 Å². The summed E-state index contributed by atoms with van der Waals surface area (Å²) < 4.78 is 11.3. The van der Waals surface area contributed by atoms with Crippen molar-refractivity contribution in [3.63, 3.8) is 0 Å². The Morgan fingerprint density at radius 1 is 1.09 bits per heavy atom. The topological polar surface area (TPSA) is 58.9 Å². The number of para-hydroxylation sites is 1. The van der Waals surface area contributed by atoms with Crippen molar-refractivity contribution in [1.82, 2.24) is 0 Å². The molecule has 1 heterocycles. The molecule has 4 nitrogen and oxygen atoms in total. The van der Waals surface area contributed by atoms with E-state index >= 15 is 0 Å². The quantitative estimate of drug-likeness (QED) is 0.833. The first-order chi connectivity index (χ1) is 11.3. The third-order valence-corrected chi connectivity index (χ3v) is 3.57. The second kappa shape index (κ2) is 8.72. The molecule has 122 valence electrons. The largest absolute Gasteiger partial charge is 0.492 e. The number of ether oxygens (including phenoxy) is 1. The van der Waals surface area contributed by atoms with Gasteiger partial charge in [0.25, 0.3) is 0 Å². The van der Waals surface area contributed by atoms with Crippen LogP contribution in [-0.4, -0.2) is 23.9 Å². The van der Waals surface area contributed by atoms with Crippen molar-refractivity contribution >= 4 is 12.6 Å². The fourth-order valence-corrected chi connectivity index (χ4v) is 2.55. The minimum atomic E-state index is -0.928. The van der Waals surface area contributed by atoms with Gasteiger partial charge in [0.15, 0.2) is 0 Å². The molecule has 2 aromatic rings. The normalized spacial score (nSPS) is 15.7. The van der Waals surface area contributed by atoms with E-state index in [0.717, 1.165) is 16.8 Å². The number of aliphatic hydroxyl groups excluding tert-OH is 1. The second-order valence-electron chi connectivity index (χ2n) is 5.05. The van der Waals surface area contributed by atoms with Gasteiger partial charge in [-0.05, 0) is 48.1 Å². The van der Waals surface area contributed by atoms with Crippen LogP contribution in [0.4, 0.5) is 0 Å². The predicted molar refractivity (Wildman–Crippen MR) is 92.1 cm³/mol. The van der Waals surface area contributed by atoms with Gasteiger partial charge in [0.2, 0.25) is 0 Å². The van der Waals surface area contributed by atoms with Gasteiger partial charge < -0.3 is 19.5 Å². The molecule has 0 aliphatic carbocycles. The molecule has 0 saturated carbocycles. The van der Waals surface area contributed by atoms with Gasteiger partial charge >= 0.3 is 7.12 Å². The Morgan fingerprint density at radius 3 is 2.52 bits per heavy atom. The Labute approximate surface area is 137 Å². The molecule has 1 unspecified atom stereocenters. The average Bonchev–Trinajstić information content (AvgIpc) is 2.91. The standard InChI is InChI=1S/C16H17BO4.C2H6/c18-10-4-7-16-14-9-8-13(11-15(14)17(19)21-16)20-12-5-2-1-3-6-12;1-2/h1-3,5-6,8-9,11,16,18-19H,4,7,10H2;1-2H3. The van der Waals surface area contributed by atoms with E-state index in [9.17, 15) is 5.02 Å². The summed E-state index contributed by atoms with van der Waals surface area (Å²) in [6.07, 6.45) is 1.19. The molecule has 2 N–H and O–H groups in total. The van der Waals surface area contributed by atoms with Crippen LogP contribution in [0.2, 0.25) is 0 Å². The number of hydrogen-bond acceptors (Lipinski definition) is 4. The SMILES string of the molecule is CC.OCCCC1OB(O)c2cc(Oc3ccccc3)ccc21. The fraction of sp³-hybridized carbons (Fsp3) is 0.333. The van der Waals surface area contributed by atoms with Crippen molar-refractivity contribution in [3.8, 4) is 11.5 Å². The lowest BCUT2D eigenvalue weighted by molar-refractivity contribution is 0.165. The summed E-state index contributed by atoms with van der Waals surface area (Å²) in [5.41, 5.74) is 1.71. The van der Waals surface area contributed by atoms with Crippen molar-refractivity contribution in [1.29, 1.82) is 0 Å². The maximum atomic E-state index is 10.0. The first-order valence-electron chi connectivity index (χ1n) is 8.09. The van der Waals surface area contributed by atoms with Crippen LogP contribution >= 0.6 is 0 Å². The average molecular weight is 314 g/mol. The number of hydrogen-bond donors (Lipinski definition) is 2. The highest BCUT2D eigenvalue weighted by molar-refractivity contribution is 6.61. The van der Waals surface area contributed by atoms with Crippen molar-refractivity contribution in [2.45, 2.75) is 32.8 Å². The number of fused-ring (bicyclic) bond motifs is 1. The lowest BCUT2D eigenvalue weighted by Gasteiger charge is -2.11. The van der Waals surface area contributed by atoms with Gasteiger partial charge in [0.05, 0.1) is 6.10 Å². The lowest BCUT2D eigenvalue weighted by atomic mass is 9.79. The van der Waals surface area contributed by atoms with E-state index in [1.54, 1.807) is 0 Å². The summed E-state index contributed by atoms with van der Waals surface area (Å²) in [6.45, 7) is 4.13. The zero-order chi connectivity index (χ0) is 16.7. The smallest absolute Gasteiger partial charge is 0.457 e. The van der Waals surface area contributed by atoms with Crippen LogP contribution in [0.15, 0.2) is 48.5 Å². The molecular weight excluding hydrogens is 291 g/mol. The van der Waals surface area contributed by atoms with Crippen LogP contribution in [0.5, 0.6) is 11.5 Å². The highest BCUT2D eigenvalue weighted by Gasteiger charge is 2.34. The summed E-state index contributed by atoms with van der Waals surface area (Å²) in [7, 11) is -0.928. The van der Waals surface area contributed by atoms with Crippen LogP contribution in [0.1, 0.15) is 38.4 Å². The van der Waals surface area contributed by atoms with Gasteiger partial charge in [-0.2, -0.15) is 0 Å². The molecule has 23 heavy (non-hydrogen) atoms. The maximum Gasteiger partial charge on any atom is 0.492 e. The third kappa shape index (κ3) is 4.35. The molecule has 0 radical (unpaired) electrons. The summed E-state index contributed by atoms with van der Waals surface area (Å²) in [5.74, 6) is 1.42. The molecule has 0 saturated heterocycles. The Balaban J connectivity index is 0.000000924. The van der Waals surface area contributed by atoms with Gasteiger partial charge in [-0.1, -0.05) is 38.1 Å². The molecule has 1 aliphatic heterocycles. The zero-order valence-electron chi connectivity index (χ0n) is 13.6. The van der Waals surface area contributed by atoms with Crippen molar-refractivity contribution < 1.29 is 19.5 Å². The molecular formula is C18H23BO4. The van der Waals surface area contributed by atoms with Gasteiger partial charge in [-0.25, -0.2) is 0 Å². The molecule has 3 rings (SSSR count). The van der Waals surface area contributed by atoms with Crippen LogP contribution in [-0.2, 0) is 4.65 Å². The molecule has 0 spiro atoms. The highest BCUT2D eigenvalue weighted by atomic mass is 16.5. The fourth-order valence-electron chi connectivity index (χ4n) is 2.55. The van der Waals surface area contributed by atoms with E-state index < -0.39 is 7.12 Å². The lowest BCUT2D eigenvalue weighted by Crippen LogP contribution is -2.27.